The van der Waals surface area contributed by atoms with Crippen LogP contribution in [0.15, 0.2) is 58.3 Å². The molecule has 0 aromatic heterocycles. The lowest BCUT2D eigenvalue weighted by atomic mass is 9.91. The van der Waals surface area contributed by atoms with Crippen LogP contribution < -0.4 is 0 Å². The fourth-order valence-electron chi connectivity index (χ4n) is 3.93. The molecule has 9 heteroatoms. The molecular formula is C25H29NO7S. The van der Waals surface area contributed by atoms with Crippen LogP contribution in [0.25, 0.3) is 0 Å². The zero-order valence-corrected chi connectivity index (χ0v) is 19.7. The number of nitrogens with zero attached hydrogens (tertiary/aromatic N) is 1. The van der Waals surface area contributed by atoms with Crippen molar-refractivity contribution in [3.8, 4) is 0 Å². The molecule has 0 aliphatic carbocycles. The first-order valence-corrected chi connectivity index (χ1v) is 12.1. The number of aliphatic carboxylic acids is 2. The Balaban J connectivity index is 0.000000481. The molecule has 1 saturated heterocycles. The molecule has 0 unspecified atom stereocenters. The summed E-state index contributed by atoms with van der Waals surface area (Å²) >= 11 is 1.71. The summed E-state index contributed by atoms with van der Waals surface area (Å²) in [5, 5.41) is 14.8. The Bertz CT molecular complexity index is 933. The molecule has 0 saturated carbocycles. The van der Waals surface area contributed by atoms with Crippen LogP contribution in [0.2, 0.25) is 0 Å². The van der Waals surface area contributed by atoms with Crippen LogP contribution >= 0.6 is 11.8 Å². The van der Waals surface area contributed by atoms with Gasteiger partial charge in [0.05, 0.1) is 13.2 Å². The number of hydrogen-bond acceptors (Lipinski definition) is 7. The van der Waals surface area contributed by atoms with Gasteiger partial charge in [0.15, 0.2) is 0 Å². The third-order valence-electron chi connectivity index (χ3n) is 5.57. The predicted octanol–water partition coefficient (Wildman–Crippen LogP) is 3.48. The molecule has 8 nitrogen and oxygen atoms in total. The Morgan fingerprint density at radius 2 is 1.38 bits per heavy atom. The molecule has 0 spiro atoms. The van der Waals surface area contributed by atoms with Gasteiger partial charge < -0.3 is 24.6 Å². The molecule has 0 amide bonds. The smallest absolute Gasteiger partial charge is 0.414 e. The second-order valence-electron chi connectivity index (χ2n) is 7.90. The van der Waals surface area contributed by atoms with E-state index in [1.54, 1.807) is 11.8 Å². The Morgan fingerprint density at radius 1 is 0.824 bits per heavy atom. The second-order valence-corrected chi connectivity index (χ2v) is 8.99. The van der Waals surface area contributed by atoms with E-state index in [9.17, 15) is 4.79 Å². The summed E-state index contributed by atoms with van der Waals surface area (Å²) < 4.78 is 11.3. The van der Waals surface area contributed by atoms with E-state index in [1.165, 1.54) is 32.4 Å². The maximum Gasteiger partial charge on any atom is 0.414 e. The largest absolute Gasteiger partial charge is 0.473 e. The number of benzene rings is 2. The highest BCUT2D eigenvalue weighted by atomic mass is 32.2. The molecule has 34 heavy (non-hydrogen) atoms. The molecular weight excluding hydrogens is 458 g/mol. The summed E-state index contributed by atoms with van der Waals surface area (Å²) in [6.07, 6.45) is 3.93. The normalized spacial score (nSPS) is 15.3. The van der Waals surface area contributed by atoms with Crippen LogP contribution in [0.1, 0.15) is 36.3 Å². The Kier molecular flexibility index (Phi) is 9.93. The zero-order chi connectivity index (χ0) is 24.3. The predicted molar refractivity (Wildman–Crippen MR) is 126 cm³/mol. The van der Waals surface area contributed by atoms with Crippen LogP contribution in [0.5, 0.6) is 0 Å². The van der Waals surface area contributed by atoms with Gasteiger partial charge in [0.25, 0.3) is 0 Å². The molecule has 2 aromatic rings. The van der Waals surface area contributed by atoms with Gasteiger partial charge >= 0.3 is 17.9 Å². The van der Waals surface area contributed by atoms with Gasteiger partial charge in [-0.15, -0.1) is 0 Å². The molecule has 0 atom stereocenters. The minimum absolute atomic E-state index is 0.195. The summed E-state index contributed by atoms with van der Waals surface area (Å²) in [5.41, 5.74) is 2.06. The van der Waals surface area contributed by atoms with Gasteiger partial charge in [-0.25, -0.2) is 9.59 Å². The molecule has 182 valence electrons. The molecule has 4 rings (SSSR count). The number of carbonyl (C=O) groups excluding carboxylic acids is 1. The third kappa shape index (κ3) is 7.31. The third-order valence-corrected chi connectivity index (χ3v) is 6.75. The Morgan fingerprint density at radius 3 is 1.94 bits per heavy atom. The molecule has 2 aromatic carbocycles. The SMILES string of the molecule is O=C(O)C(=O)O.O=C(OCCOCCN1CCCCC1)C1c2ccccc2Sc2ccccc21. The maximum absolute atomic E-state index is 12.9. The van der Waals surface area contributed by atoms with Crippen molar-refractivity contribution < 1.29 is 34.1 Å². The van der Waals surface area contributed by atoms with E-state index in [4.69, 9.17) is 29.3 Å². The highest BCUT2D eigenvalue weighted by Crippen LogP contribution is 2.45. The Hall–Kier alpha value is -2.88. The first-order valence-electron chi connectivity index (χ1n) is 11.3. The first kappa shape index (κ1) is 25.7. The van der Waals surface area contributed by atoms with Crippen molar-refractivity contribution in [2.45, 2.75) is 35.0 Å². The van der Waals surface area contributed by atoms with Crippen LogP contribution in [0.4, 0.5) is 0 Å². The molecule has 0 radical (unpaired) electrons. The fraction of sp³-hybridized carbons (Fsp3) is 0.400. The quantitative estimate of drug-likeness (QED) is 0.344. The van der Waals surface area contributed by atoms with E-state index in [-0.39, 0.29) is 11.9 Å². The summed E-state index contributed by atoms with van der Waals surface area (Å²) in [4.78, 5) is 35.8. The minimum Gasteiger partial charge on any atom is -0.473 e. The zero-order valence-electron chi connectivity index (χ0n) is 18.9. The van der Waals surface area contributed by atoms with Gasteiger partial charge in [-0.3, -0.25) is 4.79 Å². The van der Waals surface area contributed by atoms with E-state index < -0.39 is 11.9 Å². The van der Waals surface area contributed by atoms with Crippen LogP contribution in [-0.4, -0.2) is 72.5 Å². The number of hydrogen-bond donors (Lipinski definition) is 2. The lowest BCUT2D eigenvalue weighted by Crippen LogP contribution is -2.33. The van der Waals surface area contributed by atoms with Gasteiger partial charge in [0.2, 0.25) is 0 Å². The van der Waals surface area contributed by atoms with Crippen molar-refractivity contribution in [1.29, 1.82) is 0 Å². The molecule has 2 N–H and O–H groups in total. The number of ether oxygens (including phenoxy) is 2. The van der Waals surface area contributed by atoms with E-state index in [0.717, 1.165) is 27.5 Å². The summed E-state index contributed by atoms with van der Waals surface area (Å²) in [7, 11) is 0. The molecule has 1 fully saturated rings. The van der Waals surface area contributed by atoms with Crippen molar-refractivity contribution in [1.82, 2.24) is 4.90 Å². The van der Waals surface area contributed by atoms with E-state index in [2.05, 4.69) is 17.0 Å². The summed E-state index contributed by atoms with van der Waals surface area (Å²) in [6, 6.07) is 16.2. The second kappa shape index (κ2) is 13.1. The van der Waals surface area contributed by atoms with E-state index in [1.807, 2.05) is 36.4 Å². The summed E-state index contributed by atoms with van der Waals surface area (Å²) in [5.74, 6) is -4.20. The number of likely N-dealkylation sites (tertiary alicyclic amines) is 1. The van der Waals surface area contributed by atoms with Crippen molar-refractivity contribution in [2.24, 2.45) is 0 Å². The average Bonchev–Trinajstić information content (AvgIpc) is 2.85. The van der Waals surface area contributed by atoms with Crippen LogP contribution in [0, 0.1) is 0 Å². The number of rotatable bonds is 7. The molecule has 0 bridgehead atoms. The first-order chi connectivity index (χ1) is 16.5. The van der Waals surface area contributed by atoms with Crippen molar-refractivity contribution >= 4 is 29.7 Å². The van der Waals surface area contributed by atoms with Gasteiger partial charge in [-0.05, 0) is 49.2 Å². The monoisotopic (exact) mass is 487 g/mol. The van der Waals surface area contributed by atoms with Gasteiger partial charge in [-0.2, -0.15) is 0 Å². The lowest BCUT2D eigenvalue weighted by molar-refractivity contribution is -0.159. The number of carbonyl (C=O) groups is 3. The summed E-state index contributed by atoms with van der Waals surface area (Å²) in [6.45, 7) is 4.77. The highest BCUT2D eigenvalue weighted by Gasteiger charge is 2.32. The average molecular weight is 488 g/mol. The molecule has 2 heterocycles. The number of fused-ring (bicyclic) bond motifs is 2. The van der Waals surface area contributed by atoms with Crippen LogP contribution in [-0.2, 0) is 23.9 Å². The van der Waals surface area contributed by atoms with E-state index in [0.29, 0.717) is 19.8 Å². The number of carboxylic acids is 2. The number of esters is 1. The molecule has 2 aliphatic heterocycles. The van der Waals surface area contributed by atoms with E-state index >= 15 is 0 Å². The standard InChI is InChI=1S/C23H27NO3S.C2H2O4/c25-23(27-17-16-26-15-14-24-12-6-1-7-13-24)22-18-8-2-4-10-20(18)28-21-11-5-3-9-19(21)22;3-1(4)2(5)6/h2-5,8-11,22H,1,6-7,12-17H2;(H,3,4)(H,5,6). The van der Waals surface area contributed by atoms with Gasteiger partial charge in [0.1, 0.15) is 12.5 Å². The highest BCUT2D eigenvalue weighted by molar-refractivity contribution is 7.99. The minimum atomic E-state index is -1.82. The van der Waals surface area contributed by atoms with Crippen LogP contribution in [0.3, 0.4) is 0 Å². The van der Waals surface area contributed by atoms with Gasteiger partial charge in [0, 0.05) is 16.3 Å². The van der Waals surface area contributed by atoms with Crippen molar-refractivity contribution in [3.05, 3.63) is 59.7 Å². The van der Waals surface area contributed by atoms with Crippen molar-refractivity contribution in [3.63, 3.8) is 0 Å². The van der Waals surface area contributed by atoms with Gasteiger partial charge in [-0.1, -0.05) is 54.6 Å². The molecule has 2 aliphatic rings. The lowest BCUT2D eigenvalue weighted by Gasteiger charge is -2.26. The Labute approximate surface area is 202 Å². The maximum atomic E-state index is 12.9. The topological polar surface area (TPSA) is 113 Å². The number of carboxylic acid groups (broad SMARTS) is 2. The number of piperidine rings is 1. The van der Waals surface area contributed by atoms with Crippen molar-refractivity contribution in [2.75, 3.05) is 39.5 Å². The fourth-order valence-corrected chi connectivity index (χ4v) is 5.06.